The zero-order valence-electron chi connectivity index (χ0n) is 21.8. The van der Waals surface area contributed by atoms with E-state index < -0.39 is 32.0 Å². The summed E-state index contributed by atoms with van der Waals surface area (Å²) in [4.78, 5) is 2.47. The first-order valence-electron chi connectivity index (χ1n) is 12.6. The van der Waals surface area contributed by atoms with Crippen LogP contribution in [0.25, 0.3) is 37.8 Å². The molecule has 0 amide bonds. The Balaban J connectivity index is 1.52. The molecule has 0 fully saturated rings. The number of thioether (sulfide) groups is 1. The molecule has 210 valence electrons. The monoisotopic (exact) mass is 625 g/mol. The lowest BCUT2D eigenvalue weighted by molar-refractivity contribution is -0.648. The molecule has 41 heavy (non-hydrogen) atoms. The lowest BCUT2D eigenvalue weighted by Crippen LogP contribution is -2.39. The molecular weight excluding hydrogens is 601 g/mol. The van der Waals surface area contributed by atoms with Gasteiger partial charge in [0.15, 0.2) is 5.88 Å². The van der Waals surface area contributed by atoms with E-state index in [0.29, 0.717) is 27.7 Å². The van der Waals surface area contributed by atoms with Crippen molar-refractivity contribution >= 4 is 86.9 Å². The van der Waals surface area contributed by atoms with Crippen LogP contribution in [0.3, 0.4) is 0 Å². The van der Waals surface area contributed by atoms with Crippen LogP contribution < -0.4 is 9.47 Å². The summed E-state index contributed by atoms with van der Waals surface area (Å²) in [5.74, 6) is -1.22. The molecule has 1 aromatic heterocycles. The van der Waals surface area contributed by atoms with Crippen molar-refractivity contribution in [3.63, 3.8) is 0 Å². The maximum absolute atomic E-state index is 12.1. The summed E-state index contributed by atoms with van der Waals surface area (Å²) in [6.45, 7) is 1.95. The van der Waals surface area contributed by atoms with E-state index in [1.807, 2.05) is 91.9 Å². The summed E-state index contributed by atoms with van der Waals surface area (Å²) in [6, 6.07) is 23.2. The Hall–Kier alpha value is -3.26. The van der Waals surface area contributed by atoms with Gasteiger partial charge in [0.25, 0.3) is 21.0 Å². The van der Waals surface area contributed by atoms with Gasteiger partial charge in [-0.3, -0.25) is 9.11 Å². The number of thiazole rings is 1. The standard InChI is InChI=1S/C29H24N2O6S4/c1-2-19(15-26-30(17-40(32,33)34)28-22-9-5-3-7-20(22)11-13-24(28)38-26)16-27-31(18-41(35,36)37)29-23-10-6-4-8-21(23)12-14-25(29)39-27/h3-16H,2,17-18H2,1H3,(H-,32,33,34,35,36,37)/p+1. The fourth-order valence-corrected chi connectivity index (χ4v) is 8.77. The Bertz CT molecular complexity index is 2130. The lowest BCUT2D eigenvalue weighted by Gasteiger charge is -2.20. The second-order valence-electron chi connectivity index (χ2n) is 9.64. The van der Waals surface area contributed by atoms with Crippen LogP contribution in [0, 0.1) is 0 Å². The van der Waals surface area contributed by atoms with Gasteiger partial charge in [0.1, 0.15) is 4.70 Å². The van der Waals surface area contributed by atoms with E-state index in [-0.39, 0.29) is 0 Å². The third kappa shape index (κ3) is 5.63. The normalized spacial score (nSPS) is 15.4. The number of benzene rings is 4. The van der Waals surface area contributed by atoms with Crippen LogP contribution in [0.15, 0.2) is 94.4 Å². The number of hydrogen-bond donors (Lipinski definition) is 2. The lowest BCUT2D eigenvalue weighted by atomic mass is 10.1. The van der Waals surface area contributed by atoms with Gasteiger partial charge in [0, 0.05) is 16.4 Å². The summed E-state index contributed by atoms with van der Waals surface area (Å²) in [7, 11) is -8.73. The molecule has 0 spiro atoms. The number of hydrogen-bond acceptors (Lipinski definition) is 7. The van der Waals surface area contributed by atoms with Gasteiger partial charge in [-0.05, 0) is 47.0 Å². The van der Waals surface area contributed by atoms with Crippen molar-refractivity contribution in [1.29, 1.82) is 0 Å². The maximum atomic E-state index is 12.1. The minimum Gasteiger partial charge on any atom is -0.317 e. The van der Waals surface area contributed by atoms with E-state index in [1.165, 1.54) is 23.1 Å². The summed E-state index contributed by atoms with van der Waals surface area (Å²) in [5, 5.41) is 4.87. The smallest absolute Gasteiger partial charge is 0.317 e. The van der Waals surface area contributed by atoms with Gasteiger partial charge in [-0.1, -0.05) is 84.6 Å². The summed E-state index contributed by atoms with van der Waals surface area (Å²) in [5.41, 5.74) is 2.23. The SMILES string of the molecule is CCC(/C=C1\Sc2ccc3ccccc3c2N1CS(=O)(=O)O)=C\c1sc2ccc3ccccc3c2[n+]1CS(=O)(=O)O. The number of aromatic nitrogens is 1. The largest absolute Gasteiger partial charge is 0.326 e. The van der Waals surface area contributed by atoms with E-state index >= 15 is 0 Å². The fourth-order valence-electron chi connectivity index (χ4n) is 5.11. The van der Waals surface area contributed by atoms with Crippen LogP contribution in [0.1, 0.15) is 18.4 Å². The predicted molar refractivity (Wildman–Crippen MR) is 166 cm³/mol. The molecule has 0 saturated carbocycles. The second-order valence-corrected chi connectivity index (χ2v) is 14.6. The summed E-state index contributed by atoms with van der Waals surface area (Å²) < 4.78 is 70.5. The van der Waals surface area contributed by atoms with Gasteiger partial charge in [0.2, 0.25) is 5.52 Å². The van der Waals surface area contributed by atoms with Gasteiger partial charge in [-0.2, -0.15) is 21.4 Å². The van der Waals surface area contributed by atoms with Crippen molar-refractivity contribution in [2.24, 2.45) is 0 Å². The molecule has 4 aromatic carbocycles. The van der Waals surface area contributed by atoms with Crippen molar-refractivity contribution in [3.05, 3.63) is 94.5 Å². The Kier molecular flexibility index (Phi) is 7.17. The topological polar surface area (TPSA) is 116 Å². The highest BCUT2D eigenvalue weighted by atomic mass is 32.2. The van der Waals surface area contributed by atoms with E-state index in [0.717, 1.165) is 36.7 Å². The van der Waals surface area contributed by atoms with E-state index in [9.17, 15) is 25.9 Å². The van der Waals surface area contributed by atoms with Gasteiger partial charge >= 0.3 is 10.1 Å². The molecule has 0 aliphatic carbocycles. The third-order valence-electron chi connectivity index (χ3n) is 6.84. The van der Waals surface area contributed by atoms with Crippen molar-refractivity contribution in [1.82, 2.24) is 0 Å². The molecule has 6 rings (SSSR count). The molecule has 0 unspecified atom stereocenters. The minimum atomic E-state index is -4.36. The molecule has 12 heteroatoms. The molecule has 5 aromatic rings. The van der Waals surface area contributed by atoms with E-state index in [4.69, 9.17) is 0 Å². The summed E-state index contributed by atoms with van der Waals surface area (Å²) >= 11 is 2.81. The quantitative estimate of drug-likeness (QED) is 0.157. The number of nitrogens with zero attached hydrogens (tertiary/aromatic N) is 2. The predicted octanol–water partition coefficient (Wildman–Crippen LogP) is 6.43. The van der Waals surface area contributed by atoms with Crippen LogP contribution in [-0.4, -0.2) is 31.8 Å². The molecule has 2 heterocycles. The first-order chi connectivity index (χ1) is 19.5. The van der Waals surface area contributed by atoms with Gasteiger partial charge in [0.05, 0.1) is 16.1 Å². The highest BCUT2D eigenvalue weighted by molar-refractivity contribution is 8.03. The molecule has 0 atom stereocenters. The maximum Gasteiger partial charge on any atom is 0.326 e. The Labute approximate surface area is 245 Å². The molecule has 1 aliphatic heterocycles. The van der Waals surface area contributed by atoms with Gasteiger partial charge < -0.3 is 4.90 Å². The molecule has 8 nitrogen and oxygen atoms in total. The Morgan fingerprint density at radius 3 is 2.22 bits per heavy atom. The zero-order valence-corrected chi connectivity index (χ0v) is 25.0. The van der Waals surface area contributed by atoms with E-state index in [2.05, 4.69) is 0 Å². The highest BCUT2D eigenvalue weighted by Crippen LogP contribution is 2.50. The van der Waals surface area contributed by atoms with Crippen LogP contribution >= 0.6 is 23.1 Å². The van der Waals surface area contributed by atoms with Crippen LogP contribution in [-0.2, 0) is 26.1 Å². The Morgan fingerprint density at radius 1 is 0.878 bits per heavy atom. The third-order valence-corrected chi connectivity index (χ3v) is 10.2. The number of fused-ring (bicyclic) bond motifs is 6. The molecule has 0 radical (unpaired) electrons. The molecule has 1 aliphatic rings. The zero-order chi connectivity index (χ0) is 28.9. The highest BCUT2D eigenvalue weighted by Gasteiger charge is 2.31. The first kappa shape index (κ1) is 27.9. The molecule has 0 bridgehead atoms. The van der Waals surface area contributed by atoms with Gasteiger partial charge in [-0.25, -0.2) is 0 Å². The van der Waals surface area contributed by atoms with Crippen LogP contribution in [0.4, 0.5) is 5.69 Å². The van der Waals surface area contributed by atoms with Crippen LogP contribution in [0.2, 0.25) is 0 Å². The first-order valence-corrected chi connectivity index (χ1v) is 17.5. The molecular formula is C29H25N2O6S4+. The fraction of sp³-hybridized carbons (Fsp3) is 0.138. The number of allylic oxidation sites excluding steroid dienone is 2. The minimum absolute atomic E-state index is 0.557. The van der Waals surface area contributed by atoms with E-state index in [1.54, 1.807) is 9.47 Å². The average molecular weight is 626 g/mol. The molecule has 0 saturated heterocycles. The molecule has 2 N–H and O–H groups in total. The van der Waals surface area contributed by atoms with Crippen molar-refractivity contribution in [2.45, 2.75) is 24.1 Å². The van der Waals surface area contributed by atoms with Crippen LogP contribution in [0.5, 0.6) is 0 Å². The van der Waals surface area contributed by atoms with Gasteiger partial charge in [-0.15, -0.1) is 0 Å². The van der Waals surface area contributed by atoms with Crippen molar-refractivity contribution < 1.29 is 30.5 Å². The average Bonchev–Trinajstić information content (AvgIpc) is 3.43. The Morgan fingerprint density at radius 2 is 1.54 bits per heavy atom. The summed E-state index contributed by atoms with van der Waals surface area (Å²) in [6.07, 6.45) is 4.29. The number of rotatable bonds is 7. The number of anilines is 1. The van der Waals surface area contributed by atoms with Crippen molar-refractivity contribution in [2.75, 3.05) is 10.8 Å². The van der Waals surface area contributed by atoms with Crippen molar-refractivity contribution in [3.8, 4) is 0 Å². The second kappa shape index (κ2) is 10.5.